The summed E-state index contributed by atoms with van der Waals surface area (Å²) in [5.41, 5.74) is -0.138. The highest BCUT2D eigenvalue weighted by atomic mass is 32.1. The smallest absolute Gasteiger partial charge is 0.322 e. The lowest BCUT2D eigenvalue weighted by atomic mass is 10.3. The fraction of sp³-hybridized carbons (Fsp3) is 0.200. The maximum atomic E-state index is 13.8. The average molecular weight is 440 g/mol. The molecule has 1 aromatic carbocycles. The van der Waals surface area contributed by atoms with E-state index in [2.05, 4.69) is 15.4 Å². The summed E-state index contributed by atoms with van der Waals surface area (Å²) < 4.78 is 20.4. The van der Waals surface area contributed by atoms with E-state index in [-0.39, 0.29) is 17.3 Å². The third-order valence-corrected chi connectivity index (χ3v) is 5.89. The van der Waals surface area contributed by atoms with Crippen molar-refractivity contribution in [3.63, 3.8) is 0 Å². The highest BCUT2D eigenvalue weighted by Crippen LogP contribution is 2.25. The molecule has 3 aromatic heterocycles. The van der Waals surface area contributed by atoms with Crippen LogP contribution in [0.3, 0.4) is 0 Å². The van der Waals surface area contributed by atoms with Crippen LogP contribution in [-0.2, 0) is 0 Å². The Morgan fingerprint density at radius 1 is 1.13 bits per heavy atom. The predicted octanol–water partition coefficient (Wildman–Crippen LogP) is 2.90. The molecular formula is C20H17FN6O3S. The topological polar surface area (TPSA) is 96.0 Å². The molecule has 0 bridgehead atoms. The minimum atomic E-state index is -0.481. The molecule has 4 aromatic rings. The van der Waals surface area contributed by atoms with E-state index in [9.17, 15) is 14.0 Å². The quantitative estimate of drug-likeness (QED) is 0.526. The number of carbonyl (C=O) groups excluding carboxylic acids is 1. The van der Waals surface area contributed by atoms with Crippen molar-refractivity contribution in [3.8, 4) is 10.8 Å². The second-order valence-corrected chi connectivity index (χ2v) is 7.87. The number of rotatable bonds is 3. The Labute approximate surface area is 179 Å². The lowest BCUT2D eigenvalue weighted by Crippen LogP contribution is -2.50. The summed E-state index contributed by atoms with van der Waals surface area (Å²) >= 11 is 1.27. The van der Waals surface area contributed by atoms with Gasteiger partial charge in [0.15, 0.2) is 10.8 Å². The number of carbonyl (C=O) groups is 1. The van der Waals surface area contributed by atoms with Gasteiger partial charge in [0.2, 0.25) is 4.96 Å². The van der Waals surface area contributed by atoms with Crippen LogP contribution < -0.4 is 15.8 Å². The van der Waals surface area contributed by atoms with Gasteiger partial charge in [-0.1, -0.05) is 23.5 Å². The van der Waals surface area contributed by atoms with Gasteiger partial charge in [-0.15, -0.1) is 5.10 Å². The molecule has 5 rings (SSSR count). The third-order valence-electron chi connectivity index (χ3n) is 4.97. The van der Waals surface area contributed by atoms with Crippen LogP contribution in [0.2, 0.25) is 0 Å². The predicted molar refractivity (Wildman–Crippen MR) is 114 cm³/mol. The maximum Gasteiger partial charge on any atom is 0.322 e. The number of anilines is 2. The van der Waals surface area contributed by atoms with Gasteiger partial charge in [-0.25, -0.2) is 14.2 Å². The van der Waals surface area contributed by atoms with Gasteiger partial charge in [-0.2, -0.15) is 4.52 Å². The van der Waals surface area contributed by atoms with Crippen LogP contribution in [0.15, 0.2) is 57.9 Å². The molecule has 9 nitrogen and oxygen atoms in total. The van der Waals surface area contributed by atoms with Gasteiger partial charge in [0, 0.05) is 32.2 Å². The number of nitrogens with one attached hydrogen (secondary N) is 1. The molecule has 1 N–H and O–H groups in total. The Morgan fingerprint density at radius 2 is 1.94 bits per heavy atom. The molecule has 31 heavy (non-hydrogen) atoms. The van der Waals surface area contributed by atoms with Crippen LogP contribution in [0.5, 0.6) is 0 Å². The van der Waals surface area contributed by atoms with E-state index < -0.39 is 5.82 Å². The number of benzene rings is 1. The lowest BCUT2D eigenvalue weighted by molar-refractivity contribution is 0.208. The number of para-hydroxylation sites is 1. The summed E-state index contributed by atoms with van der Waals surface area (Å²) in [5, 5.41) is 7.44. The molecule has 1 fully saturated rings. The Balaban J connectivity index is 1.29. The molecule has 1 saturated heterocycles. The van der Waals surface area contributed by atoms with E-state index in [0.29, 0.717) is 47.7 Å². The summed E-state index contributed by atoms with van der Waals surface area (Å²) in [7, 11) is 0. The van der Waals surface area contributed by atoms with Crippen molar-refractivity contribution < 1.29 is 13.6 Å². The third kappa shape index (κ3) is 3.75. The monoisotopic (exact) mass is 440 g/mol. The van der Waals surface area contributed by atoms with Crippen LogP contribution >= 0.6 is 11.3 Å². The molecule has 0 spiro atoms. The van der Waals surface area contributed by atoms with Gasteiger partial charge in [-0.05, 0) is 24.3 Å². The van der Waals surface area contributed by atoms with Crippen molar-refractivity contribution in [3.05, 3.63) is 64.9 Å². The fourth-order valence-corrected chi connectivity index (χ4v) is 4.23. The molecule has 0 unspecified atom stereocenters. The second-order valence-electron chi connectivity index (χ2n) is 6.92. The number of amides is 2. The maximum absolute atomic E-state index is 13.8. The average Bonchev–Trinajstić information content (AvgIpc) is 3.45. The standard InChI is InChI=1S/C20H17FN6O3S/c21-13-4-1-2-5-14(13)22-19(29)26-9-7-25(8-10-26)16-12-17(28)27-20(23-16)31-18(24-27)15-6-3-11-30-15/h1-6,11-12H,7-10H2,(H,22,29). The van der Waals surface area contributed by atoms with Gasteiger partial charge >= 0.3 is 6.03 Å². The molecule has 11 heteroatoms. The molecule has 0 atom stereocenters. The molecule has 1 aliphatic heterocycles. The van der Waals surface area contributed by atoms with Crippen LogP contribution in [0, 0.1) is 5.82 Å². The normalized spacial score (nSPS) is 14.2. The Hall–Kier alpha value is -3.73. The number of hydrogen-bond acceptors (Lipinski definition) is 7. The minimum absolute atomic E-state index is 0.146. The minimum Gasteiger partial charge on any atom is -0.462 e. The van der Waals surface area contributed by atoms with Gasteiger partial charge < -0.3 is 19.5 Å². The van der Waals surface area contributed by atoms with Crippen molar-refractivity contribution in [2.24, 2.45) is 0 Å². The molecule has 0 radical (unpaired) electrons. The van der Waals surface area contributed by atoms with E-state index in [1.807, 2.05) is 4.90 Å². The summed E-state index contributed by atoms with van der Waals surface area (Å²) in [6.45, 7) is 1.83. The number of piperazine rings is 1. The van der Waals surface area contributed by atoms with E-state index in [1.165, 1.54) is 34.1 Å². The first-order chi connectivity index (χ1) is 15.1. The summed E-state index contributed by atoms with van der Waals surface area (Å²) in [4.78, 5) is 33.6. The summed E-state index contributed by atoms with van der Waals surface area (Å²) in [6.07, 6.45) is 1.55. The van der Waals surface area contributed by atoms with Crippen molar-refractivity contribution in [1.82, 2.24) is 19.5 Å². The Morgan fingerprint density at radius 3 is 2.68 bits per heavy atom. The first-order valence-corrected chi connectivity index (χ1v) is 10.4. The molecule has 1 aliphatic rings. The molecule has 2 amide bonds. The van der Waals surface area contributed by atoms with Gasteiger partial charge in [0.05, 0.1) is 12.0 Å². The van der Waals surface area contributed by atoms with Gasteiger partial charge in [0.25, 0.3) is 5.56 Å². The lowest BCUT2D eigenvalue weighted by Gasteiger charge is -2.35. The number of fused-ring (bicyclic) bond motifs is 1. The molecule has 4 heterocycles. The highest BCUT2D eigenvalue weighted by molar-refractivity contribution is 7.19. The van der Waals surface area contributed by atoms with Gasteiger partial charge in [-0.3, -0.25) is 4.79 Å². The Kier molecular flexibility index (Phi) is 4.86. The zero-order valence-electron chi connectivity index (χ0n) is 16.2. The summed E-state index contributed by atoms with van der Waals surface area (Å²) in [6, 6.07) is 10.6. The molecule has 158 valence electrons. The first-order valence-electron chi connectivity index (χ1n) is 9.59. The van der Waals surface area contributed by atoms with Crippen molar-refractivity contribution in [1.29, 1.82) is 0 Å². The zero-order chi connectivity index (χ0) is 21.4. The van der Waals surface area contributed by atoms with E-state index in [0.717, 1.165) is 0 Å². The van der Waals surface area contributed by atoms with E-state index >= 15 is 0 Å². The molecule has 0 aliphatic carbocycles. The van der Waals surface area contributed by atoms with Crippen LogP contribution in [0.4, 0.5) is 20.7 Å². The second kappa shape index (κ2) is 7.84. The van der Waals surface area contributed by atoms with Crippen molar-refractivity contribution >= 4 is 33.8 Å². The molecule has 0 saturated carbocycles. The number of aromatic nitrogens is 3. The number of halogens is 1. The van der Waals surface area contributed by atoms with Crippen LogP contribution in [0.25, 0.3) is 15.7 Å². The highest BCUT2D eigenvalue weighted by Gasteiger charge is 2.24. The number of urea groups is 1. The molecular weight excluding hydrogens is 423 g/mol. The summed E-state index contributed by atoms with van der Waals surface area (Å²) in [5.74, 6) is 0.630. The zero-order valence-corrected chi connectivity index (χ0v) is 17.0. The number of furan rings is 1. The van der Waals surface area contributed by atoms with Gasteiger partial charge in [0.1, 0.15) is 11.6 Å². The first kappa shape index (κ1) is 19.2. The fourth-order valence-electron chi connectivity index (χ4n) is 3.36. The van der Waals surface area contributed by atoms with Crippen LogP contribution in [0.1, 0.15) is 0 Å². The number of nitrogens with zero attached hydrogens (tertiary/aromatic N) is 5. The van der Waals surface area contributed by atoms with Crippen LogP contribution in [-0.4, -0.2) is 51.7 Å². The Bertz CT molecular complexity index is 1290. The SMILES string of the molecule is O=C(Nc1ccccc1F)N1CCN(c2cc(=O)n3nc(-c4ccco4)sc3n2)CC1. The van der Waals surface area contributed by atoms with Crippen molar-refractivity contribution in [2.45, 2.75) is 0 Å². The van der Waals surface area contributed by atoms with E-state index in [1.54, 1.807) is 35.4 Å². The van der Waals surface area contributed by atoms with Crippen molar-refractivity contribution in [2.75, 3.05) is 36.4 Å². The number of hydrogen-bond donors (Lipinski definition) is 1. The largest absolute Gasteiger partial charge is 0.462 e. The van der Waals surface area contributed by atoms with E-state index in [4.69, 9.17) is 4.42 Å².